The van der Waals surface area contributed by atoms with Gasteiger partial charge in [-0.15, -0.1) is 0 Å². The van der Waals surface area contributed by atoms with Gasteiger partial charge < -0.3 is 9.84 Å². The molecule has 0 aliphatic rings. The van der Waals surface area contributed by atoms with Crippen LogP contribution in [0.1, 0.15) is 15.9 Å². The maximum absolute atomic E-state index is 11.5. The molecule has 23 heavy (non-hydrogen) atoms. The zero-order chi connectivity index (χ0) is 16.1. The summed E-state index contributed by atoms with van der Waals surface area (Å²) < 4.78 is 5.66. The normalized spacial score (nSPS) is 10.3. The van der Waals surface area contributed by atoms with Gasteiger partial charge in [0.2, 0.25) is 0 Å². The van der Waals surface area contributed by atoms with E-state index in [0.29, 0.717) is 12.4 Å². The lowest BCUT2D eigenvalue weighted by atomic mass is 10.0. The standard InChI is InChI=1S/C18H14N2O3/c21-18(22)16-8-14(15-9-19-12-20-10-15)6-7-17(16)23-11-13-4-2-1-3-5-13/h1-10,12H,11H2,(H,21,22). The van der Waals surface area contributed by atoms with Crippen LogP contribution < -0.4 is 4.74 Å². The second-order valence-electron chi connectivity index (χ2n) is 4.92. The number of carboxylic acids is 1. The third-order valence-corrected chi connectivity index (χ3v) is 3.34. The molecule has 0 radical (unpaired) electrons. The molecule has 5 heteroatoms. The summed E-state index contributed by atoms with van der Waals surface area (Å²) >= 11 is 0. The first-order chi connectivity index (χ1) is 11.2. The van der Waals surface area contributed by atoms with E-state index in [9.17, 15) is 9.90 Å². The van der Waals surface area contributed by atoms with Crippen molar-refractivity contribution < 1.29 is 14.6 Å². The Morgan fingerprint density at radius 2 is 1.74 bits per heavy atom. The number of hydrogen-bond acceptors (Lipinski definition) is 4. The zero-order valence-electron chi connectivity index (χ0n) is 12.2. The number of rotatable bonds is 5. The molecule has 0 saturated heterocycles. The summed E-state index contributed by atoms with van der Waals surface area (Å²) in [5, 5.41) is 9.42. The number of aromatic carboxylic acids is 1. The van der Waals surface area contributed by atoms with E-state index in [2.05, 4.69) is 9.97 Å². The monoisotopic (exact) mass is 306 g/mol. The largest absolute Gasteiger partial charge is 0.488 e. The second-order valence-corrected chi connectivity index (χ2v) is 4.92. The molecule has 0 atom stereocenters. The molecule has 0 unspecified atom stereocenters. The fraction of sp³-hybridized carbons (Fsp3) is 0.0556. The first-order valence-electron chi connectivity index (χ1n) is 7.03. The first-order valence-corrected chi connectivity index (χ1v) is 7.03. The second kappa shape index (κ2) is 6.70. The summed E-state index contributed by atoms with van der Waals surface area (Å²) in [4.78, 5) is 19.4. The van der Waals surface area contributed by atoms with Crippen LogP contribution in [0.4, 0.5) is 0 Å². The molecule has 1 heterocycles. The zero-order valence-corrected chi connectivity index (χ0v) is 12.2. The van der Waals surface area contributed by atoms with Gasteiger partial charge in [-0.05, 0) is 23.3 Å². The lowest BCUT2D eigenvalue weighted by molar-refractivity contribution is 0.0692. The van der Waals surface area contributed by atoms with Gasteiger partial charge in [-0.3, -0.25) is 0 Å². The van der Waals surface area contributed by atoms with Crippen molar-refractivity contribution in [2.24, 2.45) is 0 Å². The molecule has 0 aliphatic heterocycles. The van der Waals surface area contributed by atoms with Crippen molar-refractivity contribution in [1.29, 1.82) is 0 Å². The Morgan fingerprint density at radius 1 is 1.00 bits per heavy atom. The molecule has 0 aliphatic carbocycles. The van der Waals surface area contributed by atoms with Gasteiger partial charge in [-0.1, -0.05) is 36.4 Å². The third kappa shape index (κ3) is 3.52. The lowest BCUT2D eigenvalue weighted by Gasteiger charge is -2.11. The minimum atomic E-state index is -1.04. The van der Waals surface area contributed by atoms with Crippen LogP contribution in [0.3, 0.4) is 0 Å². The SMILES string of the molecule is O=C(O)c1cc(-c2cncnc2)ccc1OCc1ccccc1. The predicted octanol–water partition coefficient (Wildman–Crippen LogP) is 3.42. The van der Waals surface area contributed by atoms with Crippen LogP contribution in [0.2, 0.25) is 0 Å². The number of carbonyl (C=O) groups is 1. The molecule has 5 nitrogen and oxygen atoms in total. The number of ether oxygens (including phenoxy) is 1. The number of benzene rings is 2. The minimum absolute atomic E-state index is 0.113. The molecule has 0 spiro atoms. The molecule has 3 rings (SSSR count). The molecule has 3 aromatic rings. The van der Waals surface area contributed by atoms with Gasteiger partial charge in [-0.25, -0.2) is 14.8 Å². The van der Waals surface area contributed by atoms with Crippen LogP contribution in [0.25, 0.3) is 11.1 Å². The summed E-state index contributed by atoms with van der Waals surface area (Å²) in [6, 6.07) is 14.6. The highest BCUT2D eigenvalue weighted by Gasteiger charge is 2.13. The van der Waals surface area contributed by atoms with Crippen LogP contribution >= 0.6 is 0 Å². The van der Waals surface area contributed by atoms with Crippen molar-refractivity contribution in [2.75, 3.05) is 0 Å². The van der Waals surface area contributed by atoms with Gasteiger partial charge in [0.25, 0.3) is 0 Å². The maximum atomic E-state index is 11.5. The molecule has 1 aromatic heterocycles. The molecular formula is C18H14N2O3. The van der Waals surface area contributed by atoms with Gasteiger partial charge in [0.1, 0.15) is 24.2 Å². The van der Waals surface area contributed by atoms with E-state index in [-0.39, 0.29) is 5.56 Å². The van der Waals surface area contributed by atoms with Crippen molar-refractivity contribution in [3.05, 3.63) is 78.4 Å². The van der Waals surface area contributed by atoms with Gasteiger partial charge in [0.05, 0.1) is 0 Å². The van der Waals surface area contributed by atoms with E-state index in [1.807, 2.05) is 30.3 Å². The van der Waals surface area contributed by atoms with Crippen molar-refractivity contribution in [3.63, 3.8) is 0 Å². The van der Waals surface area contributed by atoms with Crippen LogP contribution in [0.15, 0.2) is 67.3 Å². The Morgan fingerprint density at radius 3 is 2.43 bits per heavy atom. The van der Waals surface area contributed by atoms with E-state index in [4.69, 9.17) is 4.74 Å². The van der Waals surface area contributed by atoms with Gasteiger partial charge in [-0.2, -0.15) is 0 Å². The summed E-state index contributed by atoms with van der Waals surface area (Å²) in [6.45, 7) is 0.314. The highest BCUT2D eigenvalue weighted by molar-refractivity contribution is 5.92. The average molecular weight is 306 g/mol. The molecule has 0 fully saturated rings. The molecule has 0 amide bonds. The summed E-state index contributed by atoms with van der Waals surface area (Å²) in [7, 11) is 0. The van der Waals surface area contributed by atoms with Gasteiger partial charge >= 0.3 is 5.97 Å². The van der Waals surface area contributed by atoms with Crippen LogP contribution in [-0.2, 0) is 6.61 Å². The highest BCUT2D eigenvalue weighted by atomic mass is 16.5. The minimum Gasteiger partial charge on any atom is -0.488 e. The highest BCUT2D eigenvalue weighted by Crippen LogP contribution is 2.26. The van der Waals surface area contributed by atoms with Crippen LogP contribution in [0, 0.1) is 0 Å². The fourth-order valence-electron chi connectivity index (χ4n) is 2.19. The molecule has 0 bridgehead atoms. The Kier molecular flexibility index (Phi) is 4.29. The van der Waals surface area contributed by atoms with E-state index in [1.54, 1.807) is 30.6 Å². The Balaban J connectivity index is 1.87. The average Bonchev–Trinajstić information content (AvgIpc) is 2.61. The van der Waals surface area contributed by atoms with E-state index >= 15 is 0 Å². The van der Waals surface area contributed by atoms with E-state index in [1.165, 1.54) is 6.33 Å². The molecule has 114 valence electrons. The lowest BCUT2D eigenvalue weighted by Crippen LogP contribution is -2.04. The Hall–Kier alpha value is -3.21. The van der Waals surface area contributed by atoms with Crippen molar-refractivity contribution >= 4 is 5.97 Å². The topological polar surface area (TPSA) is 72.3 Å². The van der Waals surface area contributed by atoms with Crippen molar-refractivity contribution in [2.45, 2.75) is 6.61 Å². The van der Waals surface area contributed by atoms with Gasteiger partial charge in [0.15, 0.2) is 0 Å². The summed E-state index contributed by atoms with van der Waals surface area (Å²) in [6.07, 6.45) is 4.70. The van der Waals surface area contributed by atoms with Crippen molar-refractivity contribution in [1.82, 2.24) is 9.97 Å². The number of hydrogen-bond donors (Lipinski definition) is 1. The Labute approximate surface area is 133 Å². The summed E-state index contributed by atoms with van der Waals surface area (Å²) in [5.74, 6) is -0.700. The number of carboxylic acid groups (broad SMARTS) is 1. The van der Waals surface area contributed by atoms with E-state index in [0.717, 1.165) is 16.7 Å². The maximum Gasteiger partial charge on any atom is 0.339 e. The predicted molar refractivity (Wildman–Crippen MR) is 85.2 cm³/mol. The molecular weight excluding hydrogens is 292 g/mol. The fourth-order valence-corrected chi connectivity index (χ4v) is 2.19. The van der Waals surface area contributed by atoms with Crippen LogP contribution in [-0.4, -0.2) is 21.0 Å². The van der Waals surface area contributed by atoms with Crippen molar-refractivity contribution in [3.8, 4) is 16.9 Å². The Bertz CT molecular complexity index is 805. The number of nitrogens with zero attached hydrogens (tertiary/aromatic N) is 2. The van der Waals surface area contributed by atoms with E-state index < -0.39 is 5.97 Å². The quantitative estimate of drug-likeness (QED) is 0.782. The molecule has 2 aromatic carbocycles. The molecule has 0 saturated carbocycles. The van der Waals surface area contributed by atoms with Crippen LogP contribution in [0.5, 0.6) is 5.75 Å². The van der Waals surface area contributed by atoms with Gasteiger partial charge in [0, 0.05) is 18.0 Å². The summed E-state index contributed by atoms with van der Waals surface area (Å²) in [5.41, 5.74) is 2.58. The number of aromatic nitrogens is 2. The molecule has 1 N–H and O–H groups in total. The third-order valence-electron chi connectivity index (χ3n) is 3.34. The first kappa shape index (κ1) is 14.7. The smallest absolute Gasteiger partial charge is 0.339 e.